The van der Waals surface area contributed by atoms with E-state index in [0.29, 0.717) is 25.6 Å². The van der Waals surface area contributed by atoms with Gasteiger partial charge in [0.1, 0.15) is 18.0 Å². The van der Waals surface area contributed by atoms with Gasteiger partial charge in [0.25, 0.3) is 0 Å². The first-order valence-corrected chi connectivity index (χ1v) is 8.92. The highest BCUT2D eigenvalue weighted by atomic mass is 16.6. The number of carbonyl (C=O) groups excluding carboxylic acids is 1. The molecule has 9 heteroatoms. The molecule has 9 nitrogen and oxygen atoms in total. The first-order chi connectivity index (χ1) is 12.4. The molecule has 0 aliphatic carbocycles. The molecule has 1 rings (SSSR count). The first-order valence-electron chi connectivity index (χ1n) is 8.92. The number of carbonyl (C=O) groups is 1. The van der Waals surface area contributed by atoms with Gasteiger partial charge in [-0.1, -0.05) is 6.08 Å². The van der Waals surface area contributed by atoms with E-state index in [9.17, 15) is 4.79 Å². The van der Waals surface area contributed by atoms with Crippen molar-refractivity contribution in [2.45, 2.75) is 59.2 Å². The number of hydrogen-bond acceptors (Lipinski definition) is 5. The molecule has 0 atom stereocenters. The minimum atomic E-state index is -0.542. The Labute approximate surface area is 161 Å². The maximum absolute atomic E-state index is 12.0. The van der Waals surface area contributed by atoms with Gasteiger partial charge in [-0.2, -0.15) is 0 Å². The van der Waals surface area contributed by atoms with Gasteiger partial charge in [0, 0.05) is 20.1 Å². The fourth-order valence-electron chi connectivity index (χ4n) is 2.01. The zero-order valence-corrected chi connectivity index (χ0v) is 17.5. The van der Waals surface area contributed by atoms with Gasteiger partial charge in [-0.3, -0.25) is 0 Å². The molecule has 1 aromatic rings. The van der Waals surface area contributed by atoms with Crippen molar-refractivity contribution in [3.05, 3.63) is 24.3 Å². The van der Waals surface area contributed by atoms with E-state index in [1.54, 1.807) is 6.08 Å². The second-order valence-electron chi connectivity index (χ2n) is 7.92. The Hall–Kier alpha value is -2.58. The van der Waals surface area contributed by atoms with Crippen molar-refractivity contribution in [3.63, 3.8) is 0 Å². The van der Waals surface area contributed by atoms with Crippen LogP contribution in [-0.2, 0) is 18.3 Å². The molecule has 0 aliphatic rings. The Morgan fingerprint density at radius 1 is 1.26 bits per heavy atom. The van der Waals surface area contributed by atoms with Gasteiger partial charge in [-0.05, 0) is 41.5 Å². The maximum Gasteiger partial charge on any atom is 0.408 e. The first kappa shape index (κ1) is 22.5. The predicted octanol–water partition coefficient (Wildman–Crippen LogP) is 1.65. The zero-order valence-electron chi connectivity index (χ0n) is 17.5. The van der Waals surface area contributed by atoms with Crippen LogP contribution in [0.4, 0.5) is 4.79 Å². The van der Waals surface area contributed by atoms with Crippen molar-refractivity contribution in [2.75, 3.05) is 13.1 Å². The monoisotopic (exact) mass is 379 g/mol. The van der Waals surface area contributed by atoms with Crippen molar-refractivity contribution in [1.29, 1.82) is 0 Å². The number of aryl methyl sites for hydroxylation is 1. The van der Waals surface area contributed by atoms with Crippen LogP contribution in [0, 0.1) is 6.92 Å². The summed E-state index contributed by atoms with van der Waals surface area (Å²) in [5.74, 6) is 2.18. The highest BCUT2D eigenvalue weighted by Crippen LogP contribution is 2.09. The summed E-state index contributed by atoms with van der Waals surface area (Å²) in [5.41, 5.74) is -1.08. The van der Waals surface area contributed by atoms with Crippen LogP contribution in [-0.4, -0.2) is 51.0 Å². The lowest BCUT2D eigenvalue weighted by atomic mass is 10.1. The van der Waals surface area contributed by atoms with E-state index in [2.05, 4.69) is 37.7 Å². The summed E-state index contributed by atoms with van der Waals surface area (Å²) in [7, 11) is 1.90. The van der Waals surface area contributed by atoms with Gasteiger partial charge in [0.05, 0.1) is 5.54 Å². The molecule has 1 amide bonds. The number of guanidine groups is 1. The van der Waals surface area contributed by atoms with E-state index >= 15 is 0 Å². The highest BCUT2D eigenvalue weighted by Gasteiger charge is 2.24. The van der Waals surface area contributed by atoms with Crippen LogP contribution in [0.25, 0.3) is 0 Å². The van der Waals surface area contributed by atoms with E-state index in [1.807, 2.05) is 53.2 Å². The third-order valence-electron chi connectivity index (χ3n) is 3.51. The molecule has 0 radical (unpaired) electrons. The number of aromatic nitrogens is 3. The third-order valence-corrected chi connectivity index (χ3v) is 3.51. The zero-order chi connectivity index (χ0) is 20.7. The smallest absolute Gasteiger partial charge is 0.408 e. The van der Waals surface area contributed by atoms with E-state index < -0.39 is 17.2 Å². The summed E-state index contributed by atoms with van der Waals surface area (Å²) < 4.78 is 7.20. The van der Waals surface area contributed by atoms with Gasteiger partial charge in [0.15, 0.2) is 11.8 Å². The van der Waals surface area contributed by atoms with Crippen LogP contribution in [0.15, 0.2) is 17.6 Å². The molecule has 0 aliphatic heterocycles. The molecule has 0 aromatic carbocycles. The molecule has 0 fully saturated rings. The molecule has 0 bridgehead atoms. The van der Waals surface area contributed by atoms with Crippen molar-refractivity contribution in [1.82, 2.24) is 30.7 Å². The summed E-state index contributed by atoms with van der Waals surface area (Å²) in [6.45, 7) is 16.3. The van der Waals surface area contributed by atoms with E-state index in [1.165, 1.54) is 0 Å². The van der Waals surface area contributed by atoms with Crippen molar-refractivity contribution >= 4 is 12.1 Å². The molecule has 0 spiro atoms. The topological polar surface area (TPSA) is 105 Å². The Kier molecular flexibility index (Phi) is 7.81. The normalized spacial score (nSPS) is 12.5. The predicted molar refractivity (Wildman–Crippen MR) is 107 cm³/mol. The quantitative estimate of drug-likeness (QED) is 0.378. The molecule has 1 heterocycles. The fraction of sp³-hybridized carbons (Fsp3) is 0.667. The Balaban J connectivity index is 2.69. The molecule has 0 saturated carbocycles. The molecule has 3 N–H and O–H groups in total. The molecular weight excluding hydrogens is 346 g/mol. The summed E-state index contributed by atoms with van der Waals surface area (Å²) in [6, 6.07) is 0. The minimum Gasteiger partial charge on any atom is -0.444 e. The number of nitrogens with one attached hydrogen (secondary N) is 3. The number of alkyl carbamates (subject to hydrolysis) is 1. The average molecular weight is 380 g/mol. The summed E-state index contributed by atoms with van der Waals surface area (Å²) in [5, 5.41) is 17.4. The summed E-state index contributed by atoms with van der Waals surface area (Å²) >= 11 is 0. The molecular formula is C18H33N7O2. The molecule has 152 valence electrons. The minimum absolute atomic E-state index is 0.379. The Morgan fingerprint density at radius 3 is 2.44 bits per heavy atom. The van der Waals surface area contributed by atoms with Crippen LogP contribution in [0.3, 0.4) is 0 Å². The second-order valence-corrected chi connectivity index (χ2v) is 7.92. The number of hydrogen-bond donors (Lipinski definition) is 3. The largest absolute Gasteiger partial charge is 0.444 e. The number of amides is 1. The van der Waals surface area contributed by atoms with Gasteiger partial charge < -0.3 is 25.3 Å². The van der Waals surface area contributed by atoms with Crippen LogP contribution < -0.4 is 16.0 Å². The maximum atomic E-state index is 12.0. The van der Waals surface area contributed by atoms with E-state index in [4.69, 9.17) is 4.74 Å². The van der Waals surface area contributed by atoms with Crippen LogP contribution in [0.1, 0.15) is 46.3 Å². The van der Waals surface area contributed by atoms with E-state index in [0.717, 1.165) is 11.6 Å². The lowest BCUT2D eigenvalue weighted by Crippen LogP contribution is -2.54. The Bertz CT molecular complexity index is 672. The third kappa shape index (κ3) is 8.57. The van der Waals surface area contributed by atoms with Gasteiger partial charge in [0.2, 0.25) is 0 Å². The van der Waals surface area contributed by atoms with Crippen molar-refractivity contribution in [2.24, 2.45) is 12.0 Å². The SMILES string of the molecule is C=CCNC(=NCc1nnc(C)n1C)NCC(C)(C)NC(=O)OC(C)(C)C. The highest BCUT2D eigenvalue weighted by molar-refractivity contribution is 5.80. The lowest BCUT2D eigenvalue weighted by Gasteiger charge is -2.29. The molecule has 0 saturated heterocycles. The standard InChI is InChI=1S/C18H33N7O2/c1-9-10-19-15(20-11-14-24-23-13(2)25(14)8)21-12-18(6,7)22-16(26)27-17(3,4)5/h9H,1,10-12H2,2-8H3,(H,22,26)(H2,19,20,21). The molecule has 1 aromatic heterocycles. The number of ether oxygens (including phenoxy) is 1. The van der Waals surface area contributed by atoms with Crippen LogP contribution in [0.2, 0.25) is 0 Å². The summed E-state index contributed by atoms with van der Waals surface area (Å²) in [6.07, 6.45) is 1.29. The Morgan fingerprint density at radius 2 is 1.93 bits per heavy atom. The van der Waals surface area contributed by atoms with Gasteiger partial charge >= 0.3 is 6.09 Å². The van der Waals surface area contributed by atoms with Crippen molar-refractivity contribution in [3.8, 4) is 0 Å². The molecule has 27 heavy (non-hydrogen) atoms. The van der Waals surface area contributed by atoms with Crippen molar-refractivity contribution < 1.29 is 9.53 Å². The van der Waals surface area contributed by atoms with E-state index in [-0.39, 0.29) is 0 Å². The number of rotatable bonds is 7. The van der Waals surface area contributed by atoms with Gasteiger partial charge in [-0.25, -0.2) is 9.79 Å². The summed E-state index contributed by atoms with van der Waals surface area (Å²) in [4.78, 5) is 16.5. The number of aliphatic imine (C=N–C) groups is 1. The van der Waals surface area contributed by atoms with Gasteiger partial charge in [-0.15, -0.1) is 16.8 Å². The van der Waals surface area contributed by atoms with Crippen LogP contribution >= 0.6 is 0 Å². The lowest BCUT2D eigenvalue weighted by molar-refractivity contribution is 0.0474. The van der Waals surface area contributed by atoms with Crippen LogP contribution in [0.5, 0.6) is 0 Å². The average Bonchev–Trinajstić information content (AvgIpc) is 2.83. The molecule has 0 unspecified atom stereocenters. The fourth-order valence-corrected chi connectivity index (χ4v) is 2.01. The number of nitrogens with zero attached hydrogens (tertiary/aromatic N) is 4. The second kappa shape index (κ2) is 9.38.